The molecule has 0 saturated carbocycles. The van der Waals surface area contributed by atoms with Crippen molar-refractivity contribution in [1.82, 2.24) is 9.97 Å². The van der Waals surface area contributed by atoms with Gasteiger partial charge in [-0.1, -0.05) is 12.1 Å². The Morgan fingerprint density at radius 1 is 1.20 bits per heavy atom. The molecule has 3 rings (SSSR count). The lowest BCUT2D eigenvalue weighted by atomic mass is 10.00. The number of aromatic nitrogens is 2. The number of aromatic amines is 1. The number of aliphatic hydroxyl groups excluding tert-OH is 3. The first-order chi connectivity index (χ1) is 16.3. The zero-order chi connectivity index (χ0) is 25.9. The molecular formula is C20H29N6O8P. The zero-order valence-electron chi connectivity index (χ0n) is 19.0. The molecule has 0 amide bonds. The molecule has 2 aromatic rings. The first-order valence-corrected chi connectivity index (χ1v) is 12.2. The van der Waals surface area contributed by atoms with E-state index in [1.165, 1.54) is 0 Å². The van der Waals surface area contributed by atoms with Gasteiger partial charge in [-0.3, -0.25) is 14.3 Å². The largest absolute Gasteiger partial charge is 0.469 e. The fraction of sp³-hybridized carbons (Fsp3) is 0.450. The van der Waals surface area contributed by atoms with Gasteiger partial charge in [0.2, 0.25) is 5.95 Å². The fourth-order valence-electron chi connectivity index (χ4n) is 3.62. The summed E-state index contributed by atoms with van der Waals surface area (Å²) >= 11 is 0. The second-order valence-electron chi connectivity index (χ2n) is 8.23. The maximum Gasteiger partial charge on any atom is 0.469 e. The third kappa shape index (κ3) is 7.08. The Labute approximate surface area is 200 Å². The molecule has 0 saturated heterocycles. The van der Waals surface area contributed by atoms with Crippen LogP contribution in [0.25, 0.3) is 0 Å². The number of fused-ring (bicyclic) bond motifs is 1. The number of nitrogen functional groups attached to an aromatic ring is 1. The minimum Gasteiger partial charge on any atom is -0.390 e. The van der Waals surface area contributed by atoms with Gasteiger partial charge < -0.3 is 41.5 Å². The van der Waals surface area contributed by atoms with Gasteiger partial charge in [0.05, 0.1) is 30.5 Å². The Hall–Kier alpha value is -2.84. The molecule has 35 heavy (non-hydrogen) atoms. The van der Waals surface area contributed by atoms with Crippen LogP contribution in [0.1, 0.15) is 19.4 Å². The Balaban J connectivity index is 1.61. The Kier molecular flexibility index (Phi) is 8.28. The maximum absolute atomic E-state index is 12.2. The van der Waals surface area contributed by atoms with Crippen molar-refractivity contribution < 1.29 is 34.2 Å². The number of hydrogen-bond acceptors (Lipinski definition) is 11. The van der Waals surface area contributed by atoms with Crippen LogP contribution in [0.15, 0.2) is 34.1 Å². The van der Waals surface area contributed by atoms with Gasteiger partial charge in [-0.25, -0.2) is 9.56 Å². The predicted octanol–water partition coefficient (Wildman–Crippen LogP) is -0.526. The molecule has 1 aliphatic rings. The topological polar surface area (TPSA) is 236 Å². The number of aliphatic hydroxyl groups is 3. The van der Waals surface area contributed by atoms with E-state index in [4.69, 9.17) is 15.5 Å². The van der Waals surface area contributed by atoms with Gasteiger partial charge in [0.25, 0.3) is 5.56 Å². The van der Waals surface area contributed by atoms with Crippen LogP contribution >= 0.6 is 7.82 Å². The molecule has 192 valence electrons. The van der Waals surface area contributed by atoms with E-state index in [0.29, 0.717) is 17.1 Å². The van der Waals surface area contributed by atoms with E-state index in [-0.39, 0.29) is 30.1 Å². The number of anilines is 3. The molecule has 1 aromatic carbocycles. The fourth-order valence-corrected chi connectivity index (χ4v) is 3.96. The minimum absolute atomic E-state index is 0.0000185. The van der Waals surface area contributed by atoms with Gasteiger partial charge >= 0.3 is 7.82 Å². The van der Waals surface area contributed by atoms with Gasteiger partial charge in [-0.15, -0.1) is 0 Å². The van der Waals surface area contributed by atoms with Crippen LogP contribution in [-0.4, -0.2) is 77.8 Å². The van der Waals surface area contributed by atoms with Gasteiger partial charge in [0.1, 0.15) is 12.2 Å². The number of benzene rings is 1. The van der Waals surface area contributed by atoms with Crippen molar-refractivity contribution in [2.24, 2.45) is 4.99 Å². The van der Waals surface area contributed by atoms with E-state index in [1.54, 1.807) is 24.3 Å². The maximum atomic E-state index is 12.2. The van der Waals surface area contributed by atoms with Crippen LogP contribution in [0.2, 0.25) is 0 Å². The number of H-pyrrole nitrogens is 1. The van der Waals surface area contributed by atoms with Gasteiger partial charge in [-0.2, -0.15) is 4.98 Å². The number of rotatable bonds is 10. The van der Waals surface area contributed by atoms with Crippen molar-refractivity contribution in [3.05, 3.63) is 40.2 Å². The first-order valence-electron chi connectivity index (χ1n) is 10.7. The van der Waals surface area contributed by atoms with E-state index in [1.807, 2.05) is 13.8 Å². The molecule has 2 heterocycles. The number of nitrogens with two attached hydrogens (primary N) is 1. The summed E-state index contributed by atoms with van der Waals surface area (Å²) in [5.41, 5.74) is 7.35. The molecule has 0 spiro atoms. The van der Waals surface area contributed by atoms with Crippen LogP contribution < -0.4 is 21.9 Å². The number of aliphatic imine (C=N–C) groups is 1. The molecule has 1 aromatic heterocycles. The summed E-state index contributed by atoms with van der Waals surface area (Å²) in [7, 11) is -4.81. The van der Waals surface area contributed by atoms with Crippen LogP contribution in [0, 0.1) is 0 Å². The number of nitrogens with one attached hydrogen (secondary N) is 3. The third-order valence-corrected chi connectivity index (χ3v) is 5.86. The molecule has 5 atom stereocenters. The Morgan fingerprint density at radius 2 is 1.86 bits per heavy atom. The van der Waals surface area contributed by atoms with Crippen molar-refractivity contribution in [3.8, 4) is 0 Å². The summed E-state index contributed by atoms with van der Waals surface area (Å²) in [5, 5.41) is 36.3. The molecule has 15 heteroatoms. The highest BCUT2D eigenvalue weighted by Gasteiger charge is 2.28. The summed E-state index contributed by atoms with van der Waals surface area (Å²) in [6.07, 6.45) is -4.77. The average molecular weight is 512 g/mol. The third-order valence-electron chi connectivity index (χ3n) is 5.38. The van der Waals surface area contributed by atoms with Crippen molar-refractivity contribution in [2.45, 2.75) is 50.7 Å². The number of phosphoric ester groups is 1. The van der Waals surface area contributed by atoms with E-state index >= 15 is 0 Å². The molecule has 0 bridgehead atoms. The summed E-state index contributed by atoms with van der Waals surface area (Å²) in [4.78, 5) is 40.5. The molecule has 0 radical (unpaired) electrons. The highest BCUT2D eigenvalue weighted by Crippen LogP contribution is 2.36. The van der Waals surface area contributed by atoms with Crippen LogP contribution in [-0.2, 0) is 15.5 Å². The minimum atomic E-state index is -4.81. The highest BCUT2D eigenvalue weighted by atomic mass is 31.2. The van der Waals surface area contributed by atoms with E-state index in [9.17, 15) is 24.7 Å². The molecule has 1 aliphatic heterocycles. The van der Waals surface area contributed by atoms with Crippen LogP contribution in [0.5, 0.6) is 0 Å². The monoisotopic (exact) mass is 512 g/mol. The van der Waals surface area contributed by atoms with E-state index in [2.05, 4.69) is 30.1 Å². The van der Waals surface area contributed by atoms with Crippen molar-refractivity contribution >= 4 is 36.7 Å². The van der Waals surface area contributed by atoms with E-state index < -0.39 is 38.3 Å². The lowest BCUT2D eigenvalue weighted by molar-refractivity contribution is -0.0746. The Bertz CT molecular complexity index is 1170. The lowest BCUT2D eigenvalue weighted by Crippen LogP contribution is -2.41. The summed E-state index contributed by atoms with van der Waals surface area (Å²) in [6, 6.07) is 6.45. The standard InChI is InChI=1S/C20H29N6O8P/c1-9(15-10(2)23-18-16(24-15)19(30)26-20(21)25-18)22-12-5-3-11(4-6-12)7-13(27)17(29)14(28)8-34-35(31,32)33/h3-6,9-10,13-14,17,22,27-29H,7-8H2,1-2H3,(H2,31,32,33)(H4,21,23,25,26,30)/t9-,10+,13+,14-,17+/m1/s1. The smallest absolute Gasteiger partial charge is 0.390 e. The van der Waals surface area contributed by atoms with Gasteiger partial charge in [-0.05, 0) is 31.5 Å². The van der Waals surface area contributed by atoms with Crippen molar-refractivity contribution in [1.29, 1.82) is 0 Å². The second kappa shape index (κ2) is 10.8. The molecular weight excluding hydrogens is 483 g/mol. The first kappa shape index (κ1) is 26.8. The van der Waals surface area contributed by atoms with Gasteiger partial charge in [0.15, 0.2) is 11.5 Å². The molecule has 14 nitrogen and oxygen atoms in total. The Morgan fingerprint density at radius 3 is 2.49 bits per heavy atom. The number of phosphoric acid groups is 1. The van der Waals surface area contributed by atoms with Gasteiger partial charge in [0, 0.05) is 12.1 Å². The molecule has 0 unspecified atom stereocenters. The quantitative estimate of drug-likeness (QED) is 0.183. The molecule has 10 N–H and O–H groups in total. The van der Waals surface area contributed by atoms with Crippen LogP contribution in [0.3, 0.4) is 0 Å². The lowest BCUT2D eigenvalue weighted by Gasteiger charge is -2.27. The predicted molar refractivity (Wildman–Crippen MR) is 129 cm³/mol. The van der Waals surface area contributed by atoms with Crippen LogP contribution in [0.4, 0.5) is 23.1 Å². The summed E-state index contributed by atoms with van der Waals surface area (Å²) < 4.78 is 14.9. The van der Waals surface area contributed by atoms with Crippen molar-refractivity contribution in [3.63, 3.8) is 0 Å². The molecule has 0 fully saturated rings. The second-order valence-corrected chi connectivity index (χ2v) is 9.47. The highest BCUT2D eigenvalue weighted by molar-refractivity contribution is 7.46. The normalized spacial score (nSPS) is 19.1. The molecule has 0 aliphatic carbocycles. The summed E-state index contributed by atoms with van der Waals surface area (Å²) in [5.74, 6) is 0.318. The average Bonchev–Trinajstić information content (AvgIpc) is 2.77. The number of nitrogens with zero attached hydrogens (tertiary/aromatic N) is 2. The van der Waals surface area contributed by atoms with Crippen molar-refractivity contribution in [2.75, 3.05) is 23.0 Å². The summed E-state index contributed by atoms with van der Waals surface area (Å²) in [6.45, 7) is 2.93. The zero-order valence-corrected chi connectivity index (χ0v) is 19.9. The van der Waals surface area contributed by atoms with E-state index in [0.717, 1.165) is 5.69 Å². The number of hydrogen-bond donors (Lipinski definition) is 9. The SMILES string of the molecule is C[C@@H]1Nc2nc(N)[nH]c(=O)c2N=C1[C@@H](C)Nc1ccc(C[C@H](O)[C@H](O)[C@H](O)COP(=O)(O)O)cc1.